The van der Waals surface area contributed by atoms with E-state index in [0.29, 0.717) is 13.0 Å². The van der Waals surface area contributed by atoms with E-state index in [1.54, 1.807) is 0 Å². The largest absolute Gasteiger partial charge is 0.356 e. The maximum absolute atomic E-state index is 12.2. The highest BCUT2D eigenvalue weighted by molar-refractivity contribution is 5.79. The van der Waals surface area contributed by atoms with E-state index >= 15 is 0 Å². The Balaban J connectivity index is 1.48. The van der Waals surface area contributed by atoms with Gasteiger partial charge in [0.15, 0.2) is 0 Å². The number of carbonyl (C=O) groups excluding carboxylic acids is 2. The summed E-state index contributed by atoms with van der Waals surface area (Å²) >= 11 is 0. The molecule has 2 saturated heterocycles. The Morgan fingerprint density at radius 2 is 1.95 bits per heavy atom. The molecule has 0 aromatic heterocycles. The van der Waals surface area contributed by atoms with E-state index in [9.17, 15) is 9.59 Å². The second-order valence-electron chi connectivity index (χ2n) is 6.08. The molecule has 2 N–H and O–H groups in total. The van der Waals surface area contributed by atoms with Crippen LogP contribution in [0, 0.1) is 5.41 Å². The van der Waals surface area contributed by atoms with Gasteiger partial charge in [-0.1, -0.05) is 30.3 Å². The van der Waals surface area contributed by atoms with Gasteiger partial charge < -0.3 is 15.5 Å². The van der Waals surface area contributed by atoms with E-state index in [1.807, 2.05) is 35.2 Å². The Kier molecular flexibility index (Phi) is 3.82. The van der Waals surface area contributed by atoms with Crippen LogP contribution in [0.3, 0.4) is 0 Å². The number of nitrogens with zero attached hydrogens (tertiary/aromatic N) is 1. The van der Waals surface area contributed by atoms with Gasteiger partial charge in [-0.05, 0) is 23.8 Å². The van der Waals surface area contributed by atoms with Gasteiger partial charge in [0.25, 0.3) is 0 Å². The van der Waals surface area contributed by atoms with Gasteiger partial charge in [-0.25, -0.2) is 4.79 Å². The molecular formula is C16H21N3O2. The van der Waals surface area contributed by atoms with Gasteiger partial charge in [-0.2, -0.15) is 0 Å². The van der Waals surface area contributed by atoms with Gasteiger partial charge in [0.2, 0.25) is 5.91 Å². The van der Waals surface area contributed by atoms with Crippen LogP contribution in [0.15, 0.2) is 30.3 Å². The number of benzene rings is 1. The maximum atomic E-state index is 12.2. The molecule has 2 aliphatic heterocycles. The lowest BCUT2D eigenvalue weighted by Gasteiger charge is -2.38. The van der Waals surface area contributed by atoms with Crippen LogP contribution in [0.5, 0.6) is 0 Å². The number of rotatable bonds is 2. The van der Waals surface area contributed by atoms with Crippen LogP contribution in [0.25, 0.3) is 0 Å². The molecule has 112 valence electrons. The summed E-state index contributed by atoms with van der Waals surface area (Å²) in [7, 11) is 0. The van der Waals surface area contributed by atoms with Crippen molar-refractivity contribution >= 4 is 11.9 Å². The number of nitrogens with one attached hydrogen (secondary N) is 2. The lowest BCUT2D eigenvalue weighted by Crippen LogP contribution is -2.47. The van der Waals surface area contributed by atoms with Gasteiger partial charge >= 0.3 is 6.03 Å². The summed E-state index contributed by atoms with van der Waals surface area (Å²) < 4.78 is 0. The van der Waals surface area contributed by atoms with E-state index in [1.165, 1.54) is 0 Å². The van der Waals surface area contributed by atoms with Crippen LogP contribution in [-0.4, -0.2) is 36.5 Å². The predicted octanol–water partition coefficient (Wildman–Crippen LogP) is 1.50. The van der Waals surface area contributed by atoms with E-state index in [4.69, 9.17) is 0 Å². The molecule has 2 heterocycles. The van der Waals surface area contributed by atoms with Gasteiger partial charge in [0.05, 0.1) is 0 Å². The lowest BCUT2D eigenvalue weighted by atomic mass is 9.78. The summed E-state index contributed by atoms with van der Waals surface area (Å²) in [6.45, 7) is 2.79. The van der Waals surface area contributed by atoms with Crippen molar-refractivity contribution in [3.05, 3.63) is 35.9 Å². The number of likely N-dealkylation sites (tertiary alicyclic amines) is 1. The normalized spacial score (nSPS) is 20.4. The first-order valence-corrected chi connectivity index (χ1v) is 7.50. The molecule has 5 nitrogen and oxygen atoms in total. The first-order valence-electron chi connectivity index (χ1n) is 7.50. The van der Waals surface area contributed by atoms with E-state index in [-0.39, 0.29) is 17.4 Å². The first-order chi connectivity index (χ1) is 10.2. The summed E-state index contributed by atoms with van der Waals surface area (Å²) in [4.78, 5) is 25.4. The summed E-state index contributed by atoms with van der Waals surface area (Å²) in [5.41, 5.74) is 1.19. The highest BCUT2D eigenvalue weighted by atomic mass is 16.2. The first kappa shape index (κ1) is 13.9. The molecule has 2 aliphatic rings. The molecular weight excluding hydrogens is 266 g/mol. The number of carbonyl (C=O) groups is 2. The summed E-state index contributed by atoms with van der Waals surface area (Å²) in [5.74, 6) is 0.150. The number of urea groups is 1. The average Bonchev–Trinajstić information content (AvgIpc) is 2.87. The highest BCUT2D eigenvalue weighted by Crippen LogP contribution is 2.37. The van der Waals surface area contributed by atoms with Crippen molar-refractivity contribution in [1.82, 2.24) is 15.5 Å². The number of hydrogen-bond acceptors (Lipinski definition) is 2. The standard InChI is InChI=1S/C16H21N3O2/c20-14-10-16(12-18-14)6-8-19(9-7-16)15(21)17-11-13-4-2-1-3-5-13/h1-5H,6-12H2,(H,17,21)(H,18,20). The molecule has 1 aromatic rings. The molecule has 2 fully saturated rings. The Bertz CT molecular complexity index is 522. The zero-order valence-corrected chi connectivity index (χ0v) is 12.1. The van der Waals surface area contributed by atoms with Crippen LogP contribution < -0.4 is 10.6 Å². The van der Waals surface area contributed by atoms with Crippen molar-refractivity contribution in [2.45, 2.75) is 25.8 Å². The molecule has 3 amide bonds. The topological polar surface area (TPSA) is 61.4 Å². The number of piperidine rings is 1. The third-order valence-corrected chi connectivity index (χ3v) is 4.59. The zero-order valence-electron chi connectivity index (χ0n) is 12.1. The summed E-state index contributed by atoms with van der Waals surface area (Å²) in [6.07, 6.45) is 2.43. The summed E-state index contributed by atoms with van der Waals surface area (Å²) in [6, 6.07) is 9.90. The maximum Gasteiger partial charge on any atom is 0.317 e. The lowest BCUT2D eigenvalue weighted by molar-refractivity contribution is -0.119. The van der Waals surface area contributed by atoms with Gasteiger partial charge in [-0.3, -0.25) is 4.79 Å². The average molecular weight is 287 g/mol. The second-order valence-corrected chi connectivity index (χ2v) is 6.08. The fourth-order valence-electron chi connectivity index (χ4n) is 3.17. The van der Waals surface area contributed by atoms with Crippen molar-refractivity contribution < 1.29 is 9.59 Å². The molecule has 0 saturated carbocycles. The smallest absolute Gasteiger partial charge is 0.317 e. The minimum atomic E-state index is -0.00835. The predicted molar refractivity (Wildman–Crippen MR) is 79.5 cm³/mol. The second kappa shape index (κ2) is 5.76. The van der Waals surface area contributed by atoms with Crippen molar-refractivity contribution in [3.63, 3.8) is 0 Å². The molecule has 5 heteroatoms. The highest BCUT2D eigenvalue weighted by Gasteiger charge is 2.41. The Morgan fingerprint density at radius 1 is 1.24 bits per heavy atom. The number of amides is 3. The van der Waals surface area contributed by atoms with E-state index < -0.39 is 0 Å². The van der Waals surface area contributed by atoms with Crippen LogP contribution in [-0.2, 0) is 11.3 Å². The van der Waals surface area contributed by atoms with E-state index in [0.717, 1.165) is 38.0 Å². The van der Waals surface area contributed by atoms with Crippen molar-refractivity contribution in [2.24, 2.45) is 5.41 Å². The quantitative estimate of drug-likeness (QED) is 0.866. The molecule has 0 radical (unpaired) electrons. The van der Waals surface area contributed by atoms with Crippen molar-refractivity contribution in [1.29, 1.82) is 0 Å². The molecule has 3 rings (SSSR count). The SMILES string of the molecule is O=C1CC2(CCN(C(=O)NCc3ccccc3)CC2)CN1. The molecule has 1 aromatic carbocycles. The van der Waals surface area contributed by atoms with Gasteiger partial charge in [0.1, 0.15) is 0 Å². The molecule has 1 spiro atoms. The third-order valence-electron chi connectivity index (χ3n) is 4.59. The van der Waals surface area contributed by atoms with Crippen molar-refractivity contribution in [3.8, 4) is 0 Å². The molecule has 21 heavy (non-hydrogen) atoms. The minimum absolute atomic E-state index is 0.00835. The fraction of sp³-hybridized carbons (Fsp3) is 0.500. The third kappa shape index (κ3) is 3.17. The molecule has 0 unspecified atom stereocenters. The van der Waals surface area contributed by atoms with Crippen LogP contribution in [0.2, 0.25) is 0 Å². The molecule has 0 aliphatic carbocycles. The summed E-state index contributed by atoms with van der Waals surface area (Å²) in [5, 5.41) is 5.87. The van der Waals surface area contributed by atoms with Crippen LogP contribution in [0.4, 0.5) is 4.79 Å². The Morgan fingerprint density at radius 3 is 2.57 bits per heavy atom. The van der Waals surface area contributed by atoms with E-state index in [2.05, 4.69) is 10.6 Å². The zero-order chi connectivity index (χ0) is 14.7. The van der Waals surface area contributed by atoms with Crippen LogP contribution in [0.1, 0.15) is 24.8 Å². The Hall–Kier alpha value is -2.04. The van der Waals surface area contributed by atoms with Gasteiger partial charge in [0, 0.05) is 32.6 Å². The Labute approximate surface area is 124 Å². The van der Waals surface area contributed by atoms with Crippen molar-refractivity contribution in [2.75, 3.05) is 19.6 Å². The molecule has 0 atom stereocenters. The fourth-order valence-corrected chi connectivity index (χ4v) is 3.17. The number of hydrogen-bond donors (Lipinski definition) is 2. The monoisotopic (exact) mass is 287 g/mol. The van der Waals surface area contributed by atoms with Crippen LogP contribution >= 0.6 is 0 Å². The molecule has 0 bridgehead atoms. The van der Waals surface area contributed by atoms with Gasteiger partial charge in [-0.15, -0.1) is 0 Å². The minimum Gasteiger partial charge on any atom is -0.356 e.